The van der Waals surface area contributed by atoms with Gasteiger partial charge in [-0.1, -0.05) is 30.9 Å². The minimum Gasteiger partial charge on any atom is -0.493 e. The summed E-state index contributed by atoms with van der Waals surface area (Å²) >= 11 is 6.13. The molecule has 1 saturated carbocycles. The first-order valence-corrected chi connectivity index (χ1v) is 8.16. The lowest BCUT2D eigenvalue weighted by Gasteiger charge is -2.24. The molecule has 0 aromatic heterocycles. The summed E-state index contributed by atoms with van der Waals surface area (Å²) in [4.78, 5) is 11.4. The molecule has 1 aliphatic rings. The minimum atomic E-state index is -0.217. The second-order valence-electron chi connectivity index (χ2n) is 5.42. The number of hydrogen-bond donors (Lipinski definition) is 0. The highest BCUT2D eigenvalue weighted by Crippen LogP contribution is 2.38. The second kappa shape index (κ2) is 8.28. The largest absolute Gasteiger partial charge is 0.493 e. The quantitative estimate of drug-likeness (QED) is 0.713. The lowest BCUT2D eigenvalue weighted by Crippen LogP contribution is -2.12. The maximum absolute atomic E-state index is 11.4. The molecule has 0 aliphatic heterocycles. The third-order valence-electron chi connectivity index (χ3n) is 3.89. The van der Waals surface area contributed by atoms with Gasteiger partial charge in [-0.05, 0) is 49.4 Å². The zero-order valence-electron chi connectivity index (χ0n) is 12.6. The topological polar surface area (TPSA) is 35.5 Å². The van der Waals surface area contributed by atoms with Crippen LogP contribution >= 0.6 is 11.6 Å². The standard InChI is InChI=1S/C17H23ClO3/c1-2-20-17(19)10-11-21-16-9-8-14(18)12-15(16)13-6-4-3-5-7-13/h8-9,12-13H,2-7,10-11H2,1H3. The molecular weight excluding hydrogens is 288 g/mol. The molecule has 0 atom stereocenters. The summed E-state index contributed by atoms with van der Waals surface area (Å²) in [6.07, 6.45) is 6.50. The highest BCUT2D eigenvalue weighted by Gasteiger charge is 2.19. The van der Waals surface area contributed by atoms with E-state index in [1.165, 1.54) is 37.7 Å². The number of esters is 1. The molecule has 1 fully saturated rings. The Labute approximate surface area is 131 Å². The van der Waals surface area contributed by atoms with Crippen LogP contribution in [0.15, 0.2) is 18.2 Å². The number of rotatable bonds is 6. The van der Waals surface area contributed by atoms with Gasteiger partial charge in [-0.2, -0.15) is 0 Å². The molecule has 1 aliphatic carbocycles. The average Bonchev–Trinajstić information content (AvgIpc) is 2.50. The Balaban J connectivity index is 1.99. The molecule has 116 valence electrons. The molecular formula is C17H23ClO3. The molecule has 4 heteroatoms. The van der Waals surface area contributed by atoms with Crippen LogP contribution in [-0.2, 0) is 9.53 Å². The molecule has 0 spiro atoms. The van der Waals surface area contributed by atoms with Crippen LogP contribution < -0.4 is 4.74 Å². The van der Waals surface area contributed by atoms with Crippen LogP contribution in [-0.4, -0.2) is 19.2 Å². The van der Waals surface area contributed by atoms with Gasteiger partial charge >= 0.3 is 5.97 Å². The molecule has 0 unspecified atom stereocenters. The van der Waals surface area contributed by atoms with Crippen molar-refractivity contribution in [3.05, 3.63) is 28.8 Å². The number of carbonyl (C=O) groups excluding carboxylic acids is 1. The van der Waals surface area contributed by atoms with Gasteiger partial charge < -0.3 is 9.47 Å². The number of halogens is 1. The first kappa shape index (κ1) is 16.2. The summed E-state index contributed by atoms with van der Waals surface area (Å²) in [7, 11) is 0. The molecule has 0 radical (unpaired) electrons. The van der Waals surface area contributed by atoms with E-state index in [4.69, 9.17) is 21.1 Å². The Kier molecular flexibility index (Phi) is 6.37. The molecule has 1 aromatic carbocycles. The van der Waals surface area contributed by atoms with E-state index in [1.54, 1.807) is 6.92 Å². The van der Waals surface area contributed by atoms with E-state index in [0.717, 1.165) is 10.8 Å². The van der Waals surface area contributed by atoms with Gasteiger partial charge in [-0.25, -0.2) is 0 Å². The summed E-state index contributed by atoms with van der Waals surface area (Å²) in [5.74, 6) is 1.16. The van der Waals surface area contributed by atoms with E-state index in [2.05, 4.69) is 0 Å². The predicted octanol–water partition coefficient (Wildman–Crippen LogP) is 4.72. The zero-order chi connectivity index (χ0) is 15.1. The fourth-order valence-electron chi connectivity index (χ4n) is 2.86. The van der Waals surface area contributed by atoms with Crippen LogP contribution in [0.3, 0.4) is 0 Å². The Hall–Kier alpha value is -1.22. The monoisotopic (exact) mass is 310 g/mol. The third-order valence-corrected chi connectivity index (χ3v) is 4.12. The fourth-order valence-corrected chi connectivity index (χ4v) is 3.04. The Morgan fingerprint density at radius 3 is 2.76 bits per heavy atom. The van der Waals surface area contributed by atoms with Gasteiger partial charge in [0.25, 0.3) is 0 Å². The van der Waals surface area contributed by atoms with E-state index >= 15 is 0 Å². The van der Waals surface area contributed by atoms with Crippen molar-refractivity contribution in [1.29, 1.82) is 0 Å². The molecule has 1 aromatic rings. The van der Waals surface area contributed by atoms with Gasteiger partial charge in [-0.15, -0.1) is 0 Å². The number of carbonyl (C=O) groups is 1. The molecule has 0 amide bonds. The third kappa shape index (κ3) is 4.92. The lowest BCUT2D eigenvalue weighted by molar-refractivity contribution is -0.143. The predicted molar refractivity (Wildman–Crippen MR) is 84.0 cm³/mol. The summed E-state index contributed by atoms with van der Waals surface area (Å²) in [6, 6.07) is 5.77. The second-order valence-corrected chi connectivity index (χ2v) is 5.86. The van der Waals surface area contributed by atoms with Crippen molar-refractivity contribution in [3.63, 3.8) is 0 Å². The number of ether oxygens (including phenoxy) is 2. The SMILES string of the molecule is CCOC(=O)CCOc1ccc(Cl)cc1C1CCCCC1. The minimum absolute atomic E-state index is 0.217. The first-order valence-electron chi connectivity index (χ1n) is 7.78. The van der Waals surface area contributed by atoms with Crippen LogP contribution in [0.25, 0.3) is 0 Å². The Morgan fingerprint density at radius 1 is 1.29 bits per heavy atom. The van der Waals surface area contributed by atoms with Gasteiger partial charge in [0.1, 0.15) is 5.75 Å². The first-order chi connectivity index (χ1) is 10.2. The summed E-state index contributed by atoms with van der Waals surface area (Å²) < 4.78 is 10.7. The van der Waals surface area contributed by atoms with Crippen molar-refractivity contribution in [3.8, 4) is 5.75 Å². The van der Waals surface area contributed by atoms with Crippen LogP contribution in [0, 0.1) is 0 Å². The van der Waals surface area contributed by atoms with Crippen molar-refractivity contribution >= 4 is 17.6 Å². The smallest absolute Gasteiger partial charge is 0.309 e. The van der Waals surface area contributed by atoms with Gasteiger partial charge in [-0.3, -0.25) is 4.79 Å². The Bertz CT molecular complexity index is 467. The van der Waals surface area contributed by atoms with E-state index in [0.29, 0.717) is 19.1 Å². The van der Waals surface area contributed by atoms with E-state index in [1.807, 2.05) is 18.2 Å². The van der Waals surface area contributed by atoms with E-state index in [9.17, 15) is 4.79 Å². The molecule has 2 rings (SSSR count). The van der Waals surface area contributed by atoms with Crippen LogP contribution in [0.1, 0.15) is 56.9 Å². The van der Waals surface area contributed by atoms with Gasteiger partial charge in [0.2, 0.25) is 0 Å². The van der Waals surface area contributed by atoms with Crippen LogP contribution in [0.5, 0.6) is 5.75 Å². The highest BCUT2D eigenvalue weighted by molar-refractivity contribution is 6.30. The molecule has 0 heterocycles. The maximum atomic E-state index is 11.4. The molecule has 0 bridgehead atoms. The van der Waals surface area contributed by atoms with Crippen LogP contribution in [0.2, 0.25) is 5.02 Å². The zero-order valence-corrected chi connectivity index (χ0v) is 13.3. The number of hydrogen-bond acceptors (Lipinski definition) is 3. The van der Waals surface area contributed by atoms with Gasteiger partial charge in [0.05, 0.1) is 19.6 Å². The Morgan fingerprint density at radius 2 is 2.05 bits per heavy atom. The summed E-state index contributed by atoms with van der Waals surface area (Å²) in [5.41, 5.74) is 1.19. The summed E-state index contributed by atoms with van der Waals surface area (Å²) in [5, 5.41) is 0.744. The van der Waals surface area contributed by atoms with Crippen molar-refractivity contribution in [2.75, 3.05) is 13.2 Å². The van der Waals surface area contributed by atoms with Gasteiger partial charge in [0, 0.05) is 5.02 Å². The van der Waals surface area contributed by atoms with Crippen molar-refractivity contribution in [2.45, 2.75) is 51.4 Å². The van der Waals surface area contributed by atoms with Crippen LogP contribution in [0.4, 0.5) is 0 Å². The lowest BCUT2D eigenvalue weighted by atomic mass is 9.84. The van der Waals surface area contributed by atoms with Crippen molar-refractivity contribution in [1.82, 2.24) is 0 Å². The highest BCUT2D eigenvalue weighted by atomic mass is 35.5. The molecule has 0 N–H and O–H groups in total. The normalized spacial score (nSPS) is 15.7. The van der Waals surface area contributed by atoms with Gasteiger partial charge in [0.15, 0.2) is 0 Å². The van der Waals surface area contributed by atoms with E-state index < -0.39 is 0 Å². The fraction of sp³-hybridized carbons (Fsp3) is 0.588. The molecule has 3 nitrogen and oxygen atoms in total. The van der Waals surface area contributed by atoms with E-state index in [-0.39, 0.29) is 12.4 Å². The molecule has 21 heavy (non-hydrogen) atoms. The summed E-state index contributed by atoms with van der Waals surface area (Å²) in [6.45, 7) is 2.56. The maximum Gasteiger partial charge on any atom is 0.309 e. The average molecular weight is 311 g/mol. The number of benzene rings is 1. The molecule has 0 saturated heterocycles. The van der Waals surface area contributed by atoms with Crippen molar-refractivity contribution in [2.24, 2.45) is 0 Å². The van der Waals surface area contributed by atoms with Crippen molar-refractivity contribution < 1.29 is 14.3 Å².